The Kier molecular flexibility index (Phi) is 5.79. The lowest BCUT2D eigenvalue weighted by molar-refractivity contribution is 0.241. The monoisotopic (exact) mass is 348 g/mol. The predicted molar refractivity (Wildman–Crippen MR) is 90.4 cm³/mol. The molecule has 4 heteroatoms. The summed E-state index contributed by atoms with van der Waals surface area (Å²) in [5, 5.41) is 0. The van der Waals surface area contributed by atoms with Gasteiger partial charge in [0.15, 0.2) is 0 Å². The Hall–Kier alpha value is -1.36. The average molecular weight is 349 g/mol. The molecule has 1 atom stereocenters. The van der Waals surface area contributed by atoms with Crippen molar-refractivity contribution >= 4 is 15.9 Å². The summed E-state index contributed by atoms with van der Waals surface area (Å²) < 4.78 is 6.27. The molecule has 2 N–H and O–H groups in total. The van der Waals surface area contributed by atoms with Crippen molar-refractivity contribution in [3.63, 3.8) is 0 Å². The Labute approximate surface area is 134 Å². The second-order valence-electron chi connectivity index (χ2n) is 5.07. The van der Waals surface area contributed by atoms with Crippen LogP contribution in [0.2, 0.25) is 0 Å². The molecule has 0 radical (unpaired) electrons. The summed E-state index contributed by atoms with van der Waals surface area (Å²) in [5.74, 6) is 0.878. The molecular weight excluding hydrogens is 328 g/mol. The van der Waals surface area contributed by atoms with E-state index in [1.165, 1.54) is 11.1 Å². The summed E-state index contributed by atoms with van der Waals surface area (Å²) in [6, 6.07) is 16.7. The molecule has 0 aromatic heterocycles. The highest BCUT2D eigenvalue weighted by atomic mass is 79.9. The summed E-state index contributed by atoms with van der Waals surface area (Å²) in [6.45, 7) is 1.43. The first-order valence-corrected chi connectivity index (χ1v) is 7.72. The fourth-order valence-corrected chi connectivity index (χ4v) is 2.83. The van der Waals surface area contributed by atoms with Crippen LogP contribution in [0.5, 0.6) is 5.75 Å². The molecule has 0 saturated carbocycles. The molecule has 21 heavy (non-hydrogen) atoms. The molecule has 1 unspecified atom stereocenters. The molecule has 3 nitrogen and oxygen atoms in total. The Morgan fingerprint density at radius 2 is 1.90 bits per heavy atom. The van der Waals surface area contributed by atoms with Crippen LogP contribution < -0.4 is 10.5 Å². The van der Waals surface area contributed by atoms with Gasteiger partial charge >= 0.3 is 0 Å². The van der Waals surface area contributed by atoms with Gasteiger partial charge in [-0.2, -0.15) is 0 Å². The minimum atomic E-state index is 0.199. The number of likely N-dealkylation sites (N-methyl/N-ethyl adjacent to an activating group) is 1. The van der Waals surface area contributed by atoms with E-state index in [4.69, 9.17) is 10.5 Å². The first-order valence-electron chi connectivity index (χ1n) is 6.92. The van der Waals surface area contributed by atoms with Crippen LogP contribution in [0.15, 0.2) is 53.0 Å². The molecule has 0 spiro atoms. The van der Waals surface area contributed by atoms with Crippen LogP contribution in [0.25, 0.3) is 0 Å². The zero-order valence-corrected chi connectivity index (χ0v) is 14.0. The van der Waals surface area contributed by atoms with Crippen molar-refractivity contribution in [3.8, 4) is 5.75 Å². The fourth-order valence-electron chi connectivity index (χ4n) is 2.41. The molecule has 0 aliphatic rings. The molecule has 0 heterocycles. The Bertz CT molecular complexity index is 571. The number of methoxy groups -OCH3 is 1. The first-order chi connectivity index (χ1) is 10.1. The second-order valence-corrected chi connectivity index (χ2v) is 5.99. The van der Waals surface area contributed by atoms with Crippen molar-refractivity contribution in [2.24, 2.45) is 5.73 Å². The normalized spacial score (nSPS) is 12.4. The highest BCUT2D eigenvalue weighted by molar-refractivity contribution is 9.10. The second kappa shape index (κ2) is 7.59. The molecule has 0 aliphatic heterocycles. The van der Waals surface area contributed by atoms with Crippen LogP contribution in [0.1, 0.15) is 17.2 Å². The molecule has 2 aromatic carbocycles. The summed E-state index contributed by atoms with van der Waals surface area (Å²) in [6.07, 6.45) is 0. The Morgan fingerprint density at radius 3 is 2.48 bits per heavy atom. The highest BCUT2D eigenvalue weighted by Crippen LogP contribution is 2.23. The van der Waals surface area contributed by atoms with Gasteiger partial charge < -0.3 is 10.5 Å². The van der Waals surface area contributed by atoms with Gasteiger partial charge in [-0.3, -0.25) is 4.90 Å². The van der Waals surface area contributed by atoms with Gasteiger partial charge in [0, 0.05) is 23.6 Å². The molecule has 0 saturated heterocycles. The van der Waals surface area contributed by atoms with E-state index < -0.39 is 0 Å². The lowest BCUT2D eigenvalue weighted by Crippen LogP contribution is -2.30. The number of halogens is 1. The number of hydrogen-bond donors (Lipinski definition) is 1. The van der Waals surface area contributed by atoms with E-state index in [-0.39, 0.29) is 6.04 Å². The molecule has 0 amide bonds. The lowest BCUT2D eigenvalue weighted by atomic mass is 10.1. The number of benzene rings is 2. The maximum atomic E-state index is 5.98. The zero-order chi connectivity index (χ0) is 15.2. The largest absolute Gasteiger partial charge is 0.497 e. The maximum absolute atomic E-state index is 5.98. The van der Waals surface area contributed by atoms with Crippen molar-refractivity contribution in [1.29, 1.82) is 0 Å². The van der Waals surface area contributed by atoms with Crippen molar-refractivity contribution in [1.82, 2.24) is 4.90 Å². The number of ether oxygens (including phenoxy) is 1. The average Bonchev–Trinajstić information content (AvgIpc) is 2.49. The smallest absolute Gasteiger partial charge is 0.118 e. The summed E-state index contributed by atoms with van der Waals surface area (Å²) in [7, 11) is 3.78. The molecule has 0 aliphatic carbocycles. The van der Waals surface area contributed by atoms with Crippen molar-refractivity contribution < 1.29 is 4.74 Å². The first kappa shape index (κ1) is 16.0. The summed E-state index contributed by atoms with van der Waals surface area (Å²) in [4.78, 5) is 2.27. The lowest BCUT2D eigenvalue weighted by Gasteiger charge is -2.27. The van der Waals surface area contributed by atoms with Crippen molar-refractivity contribution in [2.75, 3.05) is 20.7 Å². The third kappa shape index (κ3) is 4.30. The fraction of sp³-hybridized carbons (Fsp3) is 0.294. The molecule has 0 bridgehead atoms. The van der Waals surface area contributed by atoms with E-state index in [1.807, 2.05) is 24.3 Å². The summed E-state index contributed by atoms with van der Waals surface area (Å²) in [5.41, 5.74) is 8.45. The Balaban J connectivity index is 2.10. The number of hydrogen-bond acceptors (Lipinski definition) is 3. The molecule has 2 rings (SSSR count). The maximum Gasteiger partial charge on any atom is 0.118 e. The van der Waals surface area contributed by atoms with E-state index in [1.54, 1.807) is 7.11 Å². The molecule has 112 valence electrons. The van der Waals surface area contributed by atoms with Gasteiger partial charge in [0.1, 0.15) is 5.75 Å². The quantitative estimate of drug-likeness (QED) is 0.866. The Morgan fingerprint density at radius 1 is 1.19 bits per heavy atom. The minimum absolute atomic E-state index is 0.199. The molecule has 2 aromatic rings. The van der Waals surface area contributed by atoms with E-state index in [0.717, 1.165) is 16.8 Å². The predicted octanol–water partition coefficient (Wildman–Crippen LogP) is 3.59. The van der Waals surface area contributed by atoms with Gasteiger partial charge in [-0.05, 0) is 42.4 Å². The van der Waals surface area contributed by atoms with Gasteiger partial charge in [-0.1, -0.05) is 40.2 Å². The van der Waals surface area contributed by atoms with E-state index in [0.29, 0.717) is 6.54 Å². The minimum Gasteiger partial charge on any atom is -0.497 e. The highest BCUT2D eigenvalue weighted by Gasteiger charge is 2.15. The SMILES string of the molecule is COc1ccc(CN(C)C(CN)c2cccc(Br)c2)cc1. The van der Waals surface area contributed by atoms with Gasteiger partial charge in [-0.25, -0.2) is 0 Å². The van der Waals surface area contributed by atoms with Crippen LogP contribution in [0.3, 0.4) is 0 Å². The third-order valence-corrected chi connectivity index (χ3v) is 4.07. The van der Waals surface area contributed by atoms with E-state index in [2.05, 4.69) is 52.1 Å². The van der Waals surface area contributed by atoms with Crippen LogP contribution in [0, 0.1) is 0 Å². The van der Waals surface area contributed by atoms with Gasteiger partial charge in [0.2, 0.25) is 0 Å². The van der Waals surface area contributed by atoms with Crippen LogP contribution in [-0.4, -0.2) is 25.6 Å². The van der Waals surface area contributed by atoms with Crippen LogP contribution in [-0.2, 0) is 6.54 Å². The number of rotatable bonds is 6. The van der Waals surface area contributed by atoms with Crippen LogP contribution >= 0.6 is 15.9 Å². The van der Waals surface area contributed by atoms with Crippen molar-refractivity contribution in [2.45, 2.75) is 12.6 Å². The van der Waals surface area contributed by atoms with Gasteiger partial charge in [-0.15, -0.1) is 0 Å². The van der Waals surface area contributed by atoms with Crippen molar-refractivity contribution in [3.05, 3.63) is 64.1 Å². The molecule has 0 fully saturated rings. The number of nitrogens with zero attached hydrogens (tertiary/aromatic N) is 1. The van der Waals surface area contributed by atoms with Crippen LogP contribution in [0.4, 0.5) is 0 Å². The summed E-state index contributed by atoms with van der Waals surface area (Å²) >= 11 is 3.52. The molecular formula is C17H21BrN2O. The van der Waals surface area contributed by atoms with Gasteiger partial charge in [0.05, 0.1) is 7.11 Å². The van der Waals surface area contributed by atoms with E-state index in [9.17, 15) is 0 Å². The third-order valence-electron chi connectivity index (χ3n) is 3.58. The standard InChI is InChI=1S/C17H21BrN2O/c1-20(12-13-6-8-16(21-2)9-7-13)17(11-19)14-4-3-5-15(18)10-14/h3-10,17H,11-12,19H2,1-2H3. The zero-order valence-electron chi connectivity index (χ0n) is 12.4. The topological polar surface area (TPSA) is 38.5 Å². The number of nitrogens with two attached hydrogens (primary N) is 1. The van der Waals surface area contributed by atoms with E-state index >= 15 is 0 Å². The van der Waals surface area contributed by atoms with Gasteiger partial charge in [0.25, 0.3) is 0 Å².